The maximum absolute atomic E-state index is 6.12. The minimum Gasteiger partial charge on any atom is -0.489 e. The molecular weight excluding hydrogens is 284 g/mol. The predicted octanol–water partition coefficient (Wildman–Crippen LogP) is 5.22. The van der Waals surface area contributed by atoms with E-state index in [-0.39, 0.29) is 0 Å². The summed E-state index contributed by atoms with van der Waals surface area (Å²) in [5.41, 5.74) is 5.33. The van der Waals surface area contributed by atoms with Crippen molar-refractivity contribution in [2.24, 2.45) is 0 Å². The Morgan fingerprint density at radius 1 is 1.14 bits per heavy atom. The molecule has 3 heteroatoms. The molecule has 2 aromatic carbocycles. The summed E-state index contributed by atoms with van der Waals surface area (Å²) in [5.74, 6) is 0.856. The fourth-order valence-electron chi connectivity index (χ4n) is 2.77. The number of benzene rings is 2. The van der Waals surface area contributed by atoms with Gasteiger partial charge in [-0.2, -0.15) is 0 Å². The van der Waals surface area contributed by atoms with Crippen LogP contribution < -0.4 is 4.74 Å². The molecule has 0 spiro atoms. The standard InChI is InChI=1S/C18H13ClO2/c1-11-10-21-17-9-18-16(8-15(11)17)14(5-6-20-18)12-3-2-4-13(19)7-12/h2-5,7-10H,6H2,1H3. The smallest absolute Gasteiger partial charge is 0.137 e. The first-order valence-electron chi connectivity index (χ1n) is 6.83. The minimum absolute atomic E-state index is 0.556. The third-order valence-electron chi connectivity index (χ3n) is 3.82. The highest BCUT2D eigenvalue weighted by molar-refractivity contribution is 6.30. The average Bonchev–Trinajstić information content (AvgIpc) is 2.85. The van der Waals surface area contributed by atoms with Crippen LogP contribution in [0.1, 0.15) is 16.7 Å². The summed E-state index contributed by atoms with van der Waals surface area (Å²) < 4.78 is 11.3. The van der Waals surface area contributed by atoms with Gasteiger partial charge in [0.05, 0.1) is 6.26 Å². The van der Waals surface area contributed by atoms with E-state index in [2.05, 4.69) is 18.2 Å². The summed E-state index contributed by atoms with van der Waals surface area (Å²) in [6.45, 7) is 2.60. The van der Waals surface area contributed by atoms with Gasteiger partial charge in [0.15, 0.2) is 0 Å². The SMILES string of the molecule is Cc1coc2cc3c(cc12)C(c1cccc(Cl)c1)=CCO3. The molecule has 3 aromatic rings. The first-order valence-corrected chi connectivity index (χ1v) is 7.21. The Morgan fingerprint density at radius 2 is 2.05 bits per heavy atom. The molecule has 0 saturated heterocycles. The highest BCUT2D eigenvalue weighted by Crippen LogP contribution is 2.38. The quantitative estimate of drug-likeness (QED) is 0.614. The maximum Gasteiger partial charge on any atom is 0.137 e. The summed E-state index contributed by atoms with van der Waals surface area (Å²) in [7, 11) is 0. The van der Waals surface area contributed by atoms with Crippen LogP contribution in [0.3, 0.4) is 0 Å². The van der Waals surface area contributed by atoms with E-state index in [1.54, 1.807) is 6.26 Å². The highest BCUT2D eigenvalue weighted by Gasteiger charge is 2.18. The molecule has 1 aromatic heterocycles. The molecule has 0 N–H and O–H groups in total. The van der Waals surface area contributed by atoms with Crippen molar-refractivity contribution in [3.05, 3.63) is 70.5 Å². The fraction of sp³-hybridized carbons (Fsp3) is 0.111. The fourth-order valence-corrected chi connectivity index (χ4v) is 2.96. The second-order valence-corrected chi connectivity index (χ2v) is 5.64. The molecule has 104 valence electrons. The molecule has 2 nitrogen and oxygen atoms in total. The van der Waals surface area contributed by atoms with Crippen LogP contribution in [-0.2, 0) is 0 Å². The van der Waals surface area contributed by atoms with Gasteiger partial charge in [0, 0.05) is 22.0 Å². The van der Waals surface area contributed by atoms with Crippen molar-refractivity contribution in [3.63, 3.8) is 0 Å². The lowest BCUT2D eigenvalue weighted by Gasteiger charge is -2.19. The van der Waals surface area contributed by atoms with E-state index < -0.39 is 0 Å². The first-order chi connectivity index (χ1) is 10.2. The van der Waals surface area contributed by atoms with Crippen molar-refractivity contribution in [3.8, 4) is 5.75 Å². The highest BCUT2D eigenvalue weighted by atomic mass is 35.5. The second kappa shape index (κ2) is 4.68. The third-order valence-corrected chi connectivity index (χ3v) is 4.06. The molecule has 21 heavy (non-hydrogen) atoms. The first kappa shape index (κ1) is 12.5. The number of ether oxygens (including phenoxy) is 1. The van der Waals surface area contributed by atoms with Gasteiger partial charge >= 0.3 is 0 Å². The molecule has 0 atom stereocenters. The number of halogens is 1. The van der Waals surface area contributed by atoms with Crippen molar-refractivity contribution in [1.29, 1.82) is 0 Å². The van der Waals surface area contributed by atoms with Crippen molar-refractivity contribution in [2.45, 2.75) is 6.92 Å². The van der Waals surface area contributed by atoms with Crippen LogP contribution in [0.4, 0.5) is 0 Å². The van der Waals surface area contributed by atoms with Crippen molar-refractivity contribution in [2.75, 3.05) is 6.61 Å². The molecule has 0 fully saturated rings. The number of hydrogen-bond acceptors (Lipinski definition) is 2. The molecule has 0 saturated carbocycles. The Bertz CT molecular complexity index is 874. The molecule has 0 aliphatic carbocycles. The number of rotatable bonds is 1. The Hall–Kier alpha value is -2.19. The summed E-state index contributed by atoms with van der Waals surface area (Å²) in [4.78, 5) is 0. The zero-order chi connectivity index (χ0) is 14.4. The van der Waals surface area contributed by atoms with Crippen LogP contribution in [-0.4, -0.2) is 6.61 Å². The second-order valence-electron chi connectivity index (χ2n) is 5.20. The van der Waals surface area contributed by atoms with E-state index in [0.717, 1.165) is 44.0 Å². The molecule has 0 amide bonds. The molecule has 2 heterocycles. The molecule has 1 aliphatic heterocycles. The van der Waals surface area contributed by atoms with E-state index in [1.165, 1.54) is 0 Å². The lowest BCUT2D eigenvalue weighted by atomic mass is 9.94. The molecule has 0 unspecified atom stereocenters. The summed E-state index contributed by atoms with van der Waals surface area (Å²) >= 11 is 6.12. The van der Waals surface area contributed by atoms with E-state index in [4.69, 9.17) is 20.8 Å². The van der Waals surface area contributed by atoms with Gasteiger partial charge in [-0.1, -0.05) is 23.7 Å². The van der Waals surface area contributed by atoms with E-state index in [0.29, 0.717) is 6.61 Å². The number of aryl methyl sites for hydroxylation is 1. The van der Waals surface area contributed by atoms with Crippen molar-refractivity contribution in [1.82, 2.24) is 0 Å². The zero-order valence-electron chi connectivity index (χ0n) is 11.5. The summed E-state index contributed by atoms with van der Waals surface area (Å²) in [5, 5.41) is 1.86. The van der Waals surface area contributed by atoms with Gasteiger partial charge in [-0.3, -0.25) is 0 Å². The Kier molecular flexibility index (Phi) is 2.79. The van der Waals surface area contributed by atoms with E-state index >= 15 is 0 Å². The van der Waals surface area contributed by atoms with Gasteiger partial charge in [-0.15, -0.1) is 0 Å². The normalized spacial score (nSPS) is 13.7. The molecular formula is C18H13ClO2. The maximum atomic E-state index is 6.12. The van der Waals surface area contributed by atoms with Crippen LogP contribution in [0.2, 0.25) is 5.02 Å². The summed E-state index contributed by atoms with van der Waals surface area (Å²) in [6, 6.07) is 12.0. The Labute approximate surface area is 127 Å². The Balaban J connectivity index is 1.94. The van der Waals surface area contributed by atoms with Crippen molar-refractivity contribution < 1.29 is 9.15 Å². The van der Waals surface area contributed by atoms with Gasteiger partial charge < -0.3 is 9.15 Å². The van der Waals surface area contributed by atoms with Gasteiger partial charge in [-0.25, -0.2) is 0 Å². The predicted molar refractivity (Wildman–Crippen MR) is 85.0 cm³/mol. The van der Waals surface area contributed by atoms with Gasteiger partial charge in [0.2, 0.25) is 0 Å². The van der Waals surface area contributed by atoms with Crippen LogP contribution in [0.5, 0.6) is 5.75 Å². The number of furan rings is 1. The van der Waals surface area contributed by atoms with Gasteiger partial charge in [-0.05, 0) is 47.9 Å². The lowest BCUT2D eigenvalue weighted by Crippen LogP contribution is -2.05. The van der Waals surface area contributed by atoms with Gasteiger partial charge in [0.1, 0.15) is 17.9 Å². The van der Waals surface area contributed by atoms with E-state index in [9.17, 15) is 0 Å². The third kappa shape index (κ3) is 2.03. The molecule has 0 bridgehead atoms. The number of hydrogen-bond donors (Lipinski definition) is 0. The van der Waals surface area contributed by atoms with Gasteiger partial charge in [0.25, 0.3) is 0 Å². The van der Waals surface area contributed by atoms with Crippen molar-refractivity contribution >= 4 is 28.1 Å². The zero-order valence-corrected chi connectivity index (χ0v) is 12.3. The minimum atomic E-state index is 0.556. The van der Waals surface area contributed by atoms with Crippen LogP contribution >= 0.6 is 11.6 Å². The topological polar surface area (TPSA) is 22.4 Å². The molecule has 0 radical (unpaired) electrons. The molecule has 4 rings (SSSR count). The van der Waals surface area contributed by atoms with E-state index in [1.807, 2.05) is 31.2 Å². The Morgan fingerprint density at radius 3 is 2.90 bits per heavy atom. The average molecular weight is 297 g/mol. The summed E-state index contributed by atoms with van der Waals surface area (Å²) in [6.07, 6.45) is 3.87. The number of fused-ring (bicyclic) bond motifs is 2. The monoisotopic (exact) mass is 296 g/mol. The van der Waals surface area contributed by atoms with Crippen LogP contribution in [0, 0.1) is 6.92 Å². The molecule has 1 aliphatic rings. The lowest BCUT2D eigenvalue weighted by molar-refractivity contribution is 0.357. The van der Waals surface area contributed by atoms with Crippen LogP contribution in [0.15, 0.2) is 53.2 Å². The largest absolute Gasteiger partial charge is 0.489 e. The van der Waals surface area contributed by atoms with Crippen LogP contribution in [0.25, 0.3) is 16.5 Å².